The third-order valence-corrected chi connectivity index (χ3v) is 4.17. The molecule has 19 heavy (non-hydrogen) atoms. The number of hydrogen-bond donors (Lipinski definition) is 2. The second kappa shape index (κ2) is 6.20. The first-order valence-electron chi connectivity index (χ1n) is 7.16. The van der Waals surface area contributed by atoms with E-state index in [0.29, 0.717) is 18.8 Å². The van der Waals surface area contributed by atoms with E-state index in [1.54, 1.807) is 0 Å². The molecule has 1 fully saturated rings. The fourth-order valence-corrected chi connectivity index (χ4v) is 3.10. The molecule has 3 nitrogen and oxygen atoms in total. The van der Waals surface area contributed by atoms with Crippen LogP contribution in [0.5, 0.6) is 0 Å². The smallest absolute Gasteiger partial charge is 0.324 e. The van der Waals surface area contributed by atoms with Gasteiger partial charge < -0.3 is 10.8 Å². The van der Waals surface area contributed by atoms with Gasteiger partial charge in [0.15, 0.2) is 0 Å². The normalized spacial score (nSPS) is 19.8. The summed E-state index contributed by atoms with van der Waals surface area (Å²) >= 11 is 0. The molecule has 0 spiro atoms. The van der Waals surface area contributed by atoms with E-state index in [0.717, 1.165) is 18.4 Å². The summed E-state index contributed by atoms with van der Waals surface area (Å²) in [6, 6.07) is 9.69. The van der Waals surface area contributed by atoms with Gasteiger partial charge in [-0.25, -0.2) is 0 Å². The Hall–Kier alpha value is -1.35. The first-order chi connectivity index (χ1) is 9.10. The van der Waals surface area contributed by atoms with Crippen molar-refractivity contribution in [3.8, 4) is 0 Å². The summed E-state index contributed by atoms with van der Waals surface area (Å²) in [6.07, 6.45) is 6.97. The van der Waals surface area contributed by atoms with Crippen LogP contribution < -0.4 is 5.73 Å². The van der Waals surface area contributed by atoms with Crippen molar-refractivity contribution in [2.75, 3.05) is 0 Å². The third-order valence-electron chi connectivity index (χ3n) is 4.17. The summed E-state index contributed by atoms with van der Waals surface area (Å²) in [6.45, 7) is 0. The molecule has 1 aromatic carbocycles. The lowest BCUT2D eigenvalue weighted by Gasteiger charge is -2.31. The van der Waals surface area contributed by atoms with Gasteiger partial charge in [0.1, 0.15) is 5.54 Å². The highest BCUT2D eigenvalue weighted by Gasteiger charge is 2.36. The molecule has 104 valence electrons. The minimum absolute atomic E-state index is 0.416. The summed E-state index contributed by atoms with van der Waals surface area (Å²) in [5.74, 6) is -0.402. The van der Waals surface area contributed by atoms with E-state index in [-0.39, 0.29) is 0 Å². The van der Waals surface area contributed by atoms with Gasteiger partial charge in [0, 0.05) is 6.42 Å². The fraction of sp³-hybridized carbons (Fsp3) is 0.562. The van der Waals surface area contributed by atoms with Crippen LogP contribution in [0, 0.1) is 5.92 Å². The molecule has 0 aliphatic heterocycles. The van der Waals surface area contributed by atoms with E-state index >= 15 is 0 Å². The van der Waals surface area contributed by atoms with Crippen LogP contribution in [0.25, 0.3) is 0 Å². The van der Waals surface area contributed by atoms with Gasteiger partial charge >= 0.3 is 5.97 Å². The summed E-state index contributed by atoms with van der Waals surface area (Å²) in [5, 5.41) is 9.50. The van der Waals surface area contributed by atoms with Gasteiger partial charge in [0.2, 0.25) is 0 Å². The van der Waals surface area contributed by atoms with E-state index in [4.69, 9.17) is 5.73 Å². The molecule has 3 heteroatoms. The first-order valence-corrected chi connectivity index (χ1v) is 7.16. The molecule has 3 N–H and O–H groups in total. The number of carbonyl (C=O) groups is 1. The monoisotopic (exact) mass is 261 g/mol. The Bertz CT molecular complexity index is 412. The van der Waals surface area contributed by atoms with Gasteiger partial charge in [-0.3, -0.25) is 4.79 Å². The zero-order valence-corrected chi connectivity index (χ0v) is 11.3. The average molecular weight is 261 g/mol. The number of aliphatic carboxylic acids is 1. The maximum Gasteiger partial charge on any atom is 0.324 e. The lowest BCUT2D eigenvalue weighted by Crippen LogP contribution is -2.51. The SMILES string of the molecule is N[C@](Cc1ccccc1)(CC1CCCCC1)C(=O)O. The zero-order valence-electron chi connectivity index (χ0n) is 11.3. The molecule has 0 unspecified atom stereocenters. The topological polar surface area (TPSA) is 63.3 Å². The van der Waals surface area contributed by atoms with Crippen LogP contribution in [-0.4, -0.2) is 16.6 Å². The summed E-state index contributed by atoms with van der Waals surface area (Å²) < 4.78 is 0. The van der Waals surface area contributed by atoms with Crippen LogP contribution in [0.1, 0.15) is 44.1 Å². The van der Waals surface area contributed by atoms with Gasteiger partial charge in [-0.15, -0.1) is 0 Å². The molecule has 0 amide bonds. The van der Waals surface area contributed by atoms with Crippen molar-refractivity contribution in [2.24, 2.45) is 11.7 Å². The minimum atomic E-state index is -1.12. The number of rotatable bonds is 5. The molecule has 1 atom stereocenters. The van der Waals surface area contributed by atoms with Gasteiger partial charge in [-0.2, -0.15) is 0 Å². The maximum atomic E-state index is 11.6. The Balaban J connectivity index is 2.06. The van der Waals surface area contributed by atoms with Crippen molar-refractivity contribution in [2.45, 2.75) is 50.5 Å². The number of benzene rings is 1. The Morgan fingerprint density at radius 3 is 2.42 bits per heavy atom. The molecule has 0 saturated heterocycles. The number of carboxylic acids is 1. The van der Waals surface area contributed by atoms with Crippen LogP contribution in [0.2, 0.25) is 0 Å². The molecule has 1 aliphatic rings. The van der Waals surface area contributed by atoms with Crippen molar-refractivity contribution in [1.82, 2.24) is 0 Å². The summed E-state index contributed by atoms with van der Waals surface area (Å²) in [4.78, 5) is 11.6. The highest BCUT2D eigenvalue weighted by Crippen LogP contribution is 2.31. The van der Waals surface area contributed by atoms with Crippen molar-refractivity contribution < 1.29 is 9.90 Å². The second-order valence-electron chi connectivity index (χ2n) is 5.83. The minimum Gasteiger partial charge on any atom is -0.480 e. The summed E-state index contributed by atoms with van der Waals surface area (Å²) in [7, 11) is 0. The van der Waals surface area contributed by atoms with Gasteiger partial charge in [-0.1, -0.05) is 62.4 Å². The van der Waals surface area contributed by atoms with E-state index < -0.39 is 11.5 Å². The highest BCUT2D eigenvalue weighted by molar-refractivity contribution is 5.79. The molecule has 1 saturated carbocycles. The van der Waals surface area contributed by atoms with E-state index in [2.05, 4.69) is 0 Å². The molecule has 1 aromatic rings. The van der Waals surface area contributed by atoms with Crippen LogP contribution in [0.4, 0.5) is 0 Å². The standard InChI is InChI=1S/C16H23NO2/c17-16(15(18)19,11-13-7-3-1-4-8-13)12-14-9-5-2-6-10-14/h1,3-4,7-8,14H,2,5-6,9-12,17H2,(H,18,19)/t16-/m1/s1. The van der Waals surface area contributed by atoms with Gasteiger partial charge in [0.25, 0.3) is 0 Å². The van der Waals surface area contributed by atoms with E-state index in [1.807, 2.05) is 30.3 Å². The maximum absolute atomic E-state index is 11.6. The fourth-order valence-electron chi connectivity index (χ4n) is 3.10. The number of nitrogens with two attached hydrogens (primary N) is 1. The largest absolute Gasteiger partial charge is 0.480 e. The third kappa shape index (κ3) is 3.80. The second-order valence-corrected chi connectivity index (χ2v) is 5.83. The Kier molecular flexibility index (Phi) is 4.59. The van der Waals surface area contributed by atoms with Crippen LogP contribution in [0.3, 0.4) is 0 Å². The Labute approximate surface area is 114 Å². The van der Waals surface area contributed by atoms with Crippen LogP contribution in [0.15, 0.2) is 30.3 Å². The van der Waals surface area contributed by atoms with Crippen molar-refractivity contribution >= 4 is 5.97 Å². The molecular weight excluding hydrogens is 238 g/mol. The lowest BCUT2D eigenvalue weighted by molar-refractivity contribution is -0.144. The van der Waals surface area contributed by atoms with Crippen LogP contribution in [-0.2, 0) is 11.2 Å². The average Bonchev–Trinajstić information content (AvgIpc) is 2.40. The molecule has 0 heterocycles. The van der Waals surface area contributed by atoms with Crippen molar-refractivity contribution in [3.05, 3.63) is 35.9 Å². The molecule has 0 aromatic heterocycles. The number of hydrogen-bond acceptors (Lipinski definition) is 2. The highest BCUT2D eigenvalue weighted by atomic mass is 16.4. The summed E-state index contributed by atoms with van der Waals surface area (Å²) in [5.41, 5.74) is 6.09. The molecular formula is C16H23NO2. The predicted molar refractivity (Wildman–Crippen MR) is 75.9 cm³/mol. The Morgan fingerprint density at radius 1 is 1.21 bits per heavy atom. The lowest BCUT2D eigenvalue weighted by atomic mass is 9.77. The molecule has 2 rings (SSSR count). The zero-order chi connectivity index (χ0) is 13.7. The Morgan fingerprint density at radius 2 is 1.84 bits per heavy atom. The van der Waals surface area contributed by atoms with Crippen molar-refractivity contribution in [3.63, 3.8) is 0 Å². The molecule has 0 bridgehead atoms. The molecule has 0 radical (unpaired) electrons. The van der Waals surface area contributed by atoms with Gasteiger partial charge in [-0.05, 0) is 17.9 Å². The predicted octanol–water partition coefficient (Wildman–Crippen LogP) is 2.98. The van der Waals surface area contributed by atoms with E-state index in [9.17, 15) is 9.90 Å². The first kappa shape index (κ1) is 14.1. The number of carboxylic acid groups (broad SMARTS) is 1. The molecule has 1 aliphatic carbocycles. The van der Waals surface area contributed by atoms with Crippen molar-refractivity contribution in [1.29, 1.82) is 0 Å². The van der Waals surface area contributed by atoms with Gasteiger partial charge in [0.05, 0.1) is 0 Å². The quantitative estimate of drug-likeness (QED) is 0.856. The van der Waals surface area contributed by atoms with E-state index in [1.165, 1.54) is 19.3 Å². The van der Waals surface area contributed by atoms with Crippen LogP contribution >= 0.6 is 0 Å².